The Hall–Kier alpha value is -3.78. The molecule has 6 rings (SSSR count). The van der Waals surface area contributed by atoms with Gasteiger partial charge in [0.15, 0.2) is 9.84 Å². The molecule has 176 valence electrons. The van der Waals surface area contributed by atoms with Gasteiger partial charge < -0.3 is 9.67 Å². The van der Waals surface area contributed by atoms with E-state index in [1.54, 1.807) is 36.4 Å². The van der Waals surface area contributed by atoms with Gasteiger partial charge in [0.1, 0.15) is 5.82 Å². The fraction of sp³-hybridized carbons (Fsp3) is 0.185. The summed E-state index contributed by atoms with van der Waals surface area (Å²) in [4.78, 5) is 15.8. The number of hydrogen-bond acceptors (Lipinski definition) is 4. The first-order chi connectivity index (χ1) is 16.7. The number of carboxylic acids is 1. The van der Waals surface area contributed by atoms with E-state index in [-0.39, 0.29) is 22.9 Å². The largest absolute Gasteiger partial charge is 0.478 e. The van der Waals surface area contributed by atoms with Gasteiger partial charge in [-0.15, -0.1) is 0 Å². The van der Waals surface area contributed by atoms with E-state index in [1.807, 2.05) is 23.8 Å². The molecule has 1 aromatic heterocycles. The highest BCUT2D eigenvalue weighted by molar-refractivity contribution is 7.93. The lowest BCUT2D eigenvalue weighted by atomic mass is 9.84. The fourth-order valence-corrected chi connectivity index (χ4v) is 7.59. The number of fused-ring (bicyclic) bond motifs is 2. The van der Waals surface area contributed by atoms with Crippen molar-refractivity contribution in [1.29, 1.82) is 0 Å². The Kier molecular flexibility index (Phi) is 4.57. The van der Waals surface area contributed by atoms with Crippen molar-refractivity contribution >= 4 is 32.9 Å². The van der Waals surface area contributed by atoms with E-state index in [0.29, 0.717) is 6.54 Å². The predicted octanol–water partition coefficient (Wildman–Crippen LogP) is 4.75. The number of halogens is 1. The monoisotopic (exact) mass is 488 g/mol. The first kappa shape index (κ1) is 21.7. The van der Waals surface area contributed by atoms with Crippen molar-refractivity contribution in [2.24, 2.45) is 4.99 Å². The van der Waals surface area contributed by atoms with Crippen LogP contribution in [0.3, 0.4) is 0 Å². The zero-order chi connectivity index (χ0) is 24.5. The van der Waals surface area contributed by atoms with Gasteiger partial charge in [0, 0.05) is 34.0 Å². The Morgan fingerprint density at radius 3 is 2.37 bits per heavy atom. The molecule has 1 fully saturated rings. The summed E-state index contributed by atoms with van der Waals surface area (Å²) in [5.74, 6) is -1.38. The summed E-state index contributed by atoms with van der Waals surface area (Å²) >= 11 is 0. The van der Waals surface area contributed by atoms with Crippen molar-refractivity contribution in [2.45, 2.75) is 18.9 Å². The van der Waals surface area contributed by atoms with Crippen molar-refractivity contribution in [3.63, 3.8) is 0 Å². The Balaban J connectivity index is 1.73. The maximum Gasteiger partial charge on any atom is 0.335 e. The van der Waals surface area contributed by atoms with E-state index in [9.17, 15) is 22.7 Å². The third-order valence-corrected chi connectivity index (χ3v) is 9.03. The molecule has 0 unspecified atom stereocenters. The summed E-state index contributed by atoms with van der Waals surface area (Å²) in [6.45, 7) is 2.50. The maximum atomic E-state index is 13.8. The molecule has 6 nitrogen and oxygen atoms in total. The normalized spacial score (nSPS) is 17.3. The van der Waals surface area contributed by atoms with Crippen molar-refractivity contribution < 1.29 is 22.7 Å². The van der Waals surface area contributed by atoms with Crippen molar-refractivity contribution in [3.8, 4) is 16.8 Å². The average Bonchev–Trinajstić information content (AvgIpc) is 3.39. The minimum Gasteiger partial charge on any atom is -0.478 e. The third kappa shape index (κ3) is 3.39. The number of sulfone groups is 1. The van der Waals surface area contributed by atoms with Crippen LogP contribution < -0.4 is 0 Å². The summed E-state index contributed by atoms with van der Waals surface area (Å²) < 4.78 is 40.6. The van der Waals surface area contributed by atoms with Crippen molar-refractivity contribution in [3.05, 3.63) is 88.9 Å². The van der Waals surface area contributed by atoms with Crippen LogP contribution in [0.1, 0.15) is 34.1 Å². The molecule has 2 aliphatic heterocycles. The highest BCUT2D eigenvalue weighted by Gasteiger charge is 2.49. The smallest absolute Gasteiger partial charge is 0.335 e. The third-order valence-electron chi connectivity index (χ3n) is 6.87. The van der Waals surface area contributed by atoms with Crippen LogP contribution >= 0.6 is 0 Å². The quantitative estimate of drug-likeness (QED) is 0.449. The van der Waals surface area contributed by atoms with E-state index in [1.165, 1.54) is 12.1 Å². The molecule has 0 radical (unpaired) electrons. The van der Waals surface area contributed by atoms with Crippen LogP contribution in [0.25, 0.3) is 27.7 Å². The number of aromatic nitrogens is 1. The topological polar surface area (TPSA) is 88.7 Å². The van der Waals surface area contributed by atoms with E-state index < -0.39 is 21.2 Å². The van der Waals surface area contributed by atoms with Crippen LogP contribution in [-0.4, -0.2) is 41.8 Å². The van der Waals surface area contributed by atoms with Gasteiger partial charge in [-0.05, 0) is 65.2 Å². The molecule has 4 aromatic rings. The molecule has 0 saturated carbocycles. The van der Waals surface area contributed by atoms with Gasteiger partial charge in [-0.25, -0.2) is 17.6 Å². The van der Waals surface area contributed by atoms with Crippen LogP contribution in [0.2, 0.25) is 0 Å². The summed E-state index contributed by atoms with van der Waals surface area (Å²) in [5, 5.41) is 10.3. The van der Waals surface area contributed by atoms with Gasteiger partial charge in [-0.1, -0.05) is 19.1 Å². The summed E-state index contributed by atoms with van der Waals surface area (Å²) in [7, 11) is -3.18. The Morgan fingerprint density at radius 1 is 1.06 bits per heavy atom. The van der Waals surface area contributed by atoms with Crippen molar-refractivity contribution in [2.75, 3.05) is 11.5 Å². The molecule has 1 N–H and O–H groups in total. The van der Waals surface area contributed by atoms with Crippen molar-refractivity contribution in [1.82, 2.24) is 4.57 Å². The first-order valence-corrected chi connectivity index (χ1v) is 13.0. The number of benzene rings is 3. The van der Waals surface area contributed by atoms with Crippen LogP contribution in [0, 0.1) is 5.82 Å². The summed E-state index contributed by atoms with van der Waals surface area (Å²) in [6, 6.07) is 16.9. The molecule has 1 saturated heterocycles. The van der Waals surface area contributed by atoms with Crippen LogP contribution in [-0.2, 0) is 21.8 Å². The number of carboxylic acid groups (broad SMARTS) is 1. The molecule has 2 aliphatic rings. The van der Waals surface area contributed by atoms with E-state index in [0.717, 1.165) is 44.5 Å². The molecule has 35 heavy (non-hydrogen) atoms. The average molecular weight is 489 g/mol. The van der Waals surface area contributed by atoms with Crippen LogP contribution in [0.15, 0.2) is 65.7 Å². The second-order valence-corrected chi connectivity index (χ2v) is 11.6. The standard InChI is InChI=1S/C27H21FN2O4S/c1-27(14-35(33,34)15-27)25-24(16-2-4-17(5-3-16)26(31)32)22-10-18-12-29-13-19(18)11-23(22)30(25)21-8-6-20(28)7-9-21/h2-11,13H,12,14-15H2,1H3,(H,31,32). The lowest BCUT2D eigenvalue weighted by Gasteiger charge is -2.39. The highest BCUT2D eigenvalue weighted by Crippen LogP contribution is 2.48. The minimum absolute atomic E-state index is 0.00109. The SMILES string of the molecule is CC1(c2c(-c3ccc(C(=O)O)cc3)c3cc4c(cc3n2-c2ccc(F)cc2)C=NC4)CS(=O)(=O)C1. The second kappa shape index (κ2) is 7.36. The zero-order valence-corrected chi connectivity index (χ0v) is 19.6. The fourth-order valence-electron chi connectivity index (χ4n) is 5.46. The van der Waals surface area contributed by atoms with E-state index >= 15 is 0 Å². The van der Waals surface area contributed by atoms with Gasteiger partial charge in [0.05, 0.1) is 29.1 Å². The molecule has 3 aromatic carbocycles. The van der Waals surface area contributed by atoms with Crippen LogP contribution in [0.5, 0.6) is 0 Å². The number of nitrogens with zero attached hydrogens (tertiary/aromatic N) is 2. The number of aromatic carboxylic acids is 1. The molecule has 0 spiro atoms. The van der Waals surface area contributed by atoms with Gasteiger partial charge in [-0.2, -0.15) is 0 Å². The number of rotatable bonds is 4. The predicted molar refractivity (Wildman–Crippen MR) is 133 cm³/mol. The van der Waals surface area contributed by atoms with Gasteiger partial charge in [0.2, 0.25) is 0 Å². The maximum absolute atomic E-state index is 13.8. The lowest BCUT2D eigenvalue weighted by molar-refractivity contribution is 0.0697. The Labute approximate surface area is 201 Å². The van der Waals surface area contributed by atoms with Gasteiger partial charge >= 0.3 is 5.97 Å². The molecular formula is C27H21FN2O4S. The molecular weight excluding hydrogens is 467 g/mol. The first-order valence-electron chi connectivity index (χ1n) is 11.2. The summed E-state index contributed by atoms with van der Waals surface area (Å²) in [5.41, 5.74) is 5.60. The Bertz CT molecular complexity index is 1660. The van der Waals surface area contributed by atoms with E-state index in [2.05, 4.69) is 11.1 Å². The number of hydrogen-bond donors (Lipinski definition) is 1. The van der Waals surface area contributed by atoms with E-state index in [4.69, 9.17) is 0 Å². The molecule has 3 heterocycles. The molecule has 0 aliphatic carbocycles. The number of carbonyl (C=O) groups is 1. The summed E-state index contributed by atoms with van der Waals surface area (Å²) in [6.07, 6.45) is 1.83. The molecule has 0 amide bonds. The number of aliphatic imine (C=N–C) groups is 1. The molecule has 0 atom stereocenters. The Morgan fingerprint density at radius 2 is 1.74 bits per heavy atom. The van der Waals surface area contributed by atoms with Gasteiger partial charge in [-0.3, -0.25) is 4.99 Å². The molecule has 8 heteroatoms. The minimum atomic E-state index is -3.18. The highest BCUT2D eigenvalue weighted by atomic mass is 32.2. The molecule has 0 bridgehead atoms. The van der Waals surface area contributed by atoms with Crippen LogP contribution in [0.4, 0.5) is 4.39 Å². The lowest BCUT2D eigenvalue weighted by Crippen LogP contribution is -2.51. The van der Waals surface area contributed by atoms with Gasteiger partial charge in [0.25, 0.3) is 0 Å². The second-order valence-electron chi connectivity index (χ2n) is 9.55. The zero-order valence-electron chi connectivity index (χ0n) is 18.8.